The molecule has 110 valence electrons. The van der Waals surface area contributed by atoms with E-state index in [1.54, 1.807) is 0 Å². The van der Waals surface area contributed by atoms with Crippen LogP contribution in [0.2, 0.25) is 0 Å². The summed E-state index contributed by atoms with van der Waals surface area (Å²) < 4.78 is 5.36. The van der Waals surface area contributed by atoms with Crippen molar-refractivity contribution in [3.05, 3.63) is 64.3 Å². The van der Waals surface area contributed by atoms with Crippen LogP contribution in [0.1, 0.15) is 12.0 Å². The van der Waals surface area contributed by atoms with Gasteiger partial charge < -0.3 is 10.1 Å². The lowest BCUT2D eigenvalue weighted by molar-refractivity contribution is -0.386. The molecule has 1 heterocycles. The van der Waals surface area contributed by atoms with E-state index in [4.69, 9.17) is 4.74 Å². The van der Waals surface area contributed by atoms with Crippen LogP contribution < -0.4 is 10.1 Å². The topological polar surface area (TPSA) is 77.3 Å². The monoisotopic (exact) mass is 287 g/mol. The van der Waals surface area contributed by atoms with Gasteiger partial charge in [-0.1, -0.05) is 30.3 Å². The van der Waals surface area contributed by atoms with Crippen molar-refractivity contribution in [3.63, 3.8) is 0 Å². The first kappa shape index (κ1) is 14.9. The van der Waals surface area contributed by atoms with Crippen molar-refractivity contribution >= 4 is 5.69 Å². The second kappa shape index (κ2) is 7.96. The predicted octanol–water partition coefficient (Wildman–Crippen LogP) is 2.55. The van der Waals surface area contributed by atoms with Gasteiger partial charge in [0.05, 0.1) is 11.5 Å². The summed E-state index contributed by atoms with van der Waals surface area (Å²) in [6.45, 7) is 1.96. The first-order valence-electron chi connectivity index (χ1n) is 6.74. The maximum Gasteiger partial charge on any atom is 0.330 e. The van der Waals surface area contributed by atoms with Gasteiger partial charge in [-0.2, -0.15) is 0 Å². The molecule has 0 radical (unpaired) electrons. The van der Waals surface area contributed by atoms with E-state index in [0.717, 1.165) is 19.5 Å². The number of pyridine rings is 1. The molecule has 21 heavy (non-hydrogen) atoms. The Bertz CT molecular complexity index is 575. The van der Waals surface area contributed by atoms with Crippen LogP contribution in [0.15, 0.2) is 48.7 Å². The maximum absolute atomic E-state index is 10.8. The van der Waals surface area contributed by atoms with Gasteiger partial charge in [0.15, 0.2) is 0 Å². The van der Waals surface area contributed by atoms with Gasteiger partial charge in [-0.15, -0.1) is 0 Å². The molecule has 0 bridgehead atoms. The largest absolute Gasteiger partial charge is 0.473 e. The van der Waals surface area contributed by atoms with E-state index in [1.165, 1.54) is 23.9 Å². The standard InChI is InChI=1S/C15H17N3O3/c19-18(20)14-8-4-10-17-15(14)21-11-5-9-16-12-13-6-2-1-3-7-13/h1-4,6-8,10,16H,5,9,11-12H2. The van der Waals surface area contributed by atoms with E-state index in [-0.39, 0.29) is 11.6 Å². The second-order valence-electron chi connectivity index (χ2n) is 4.45. The molecule has 0 saturated heterocycles. The van der Waals surface area contributed by atoms with Gasteiger partial charge in [-0.3, -0.25) is 10.1 Å². The maximum atomic E-state index is 10.8. The summed E-state index contributed by atoms with van der Waals surface area (Å²) in [6.07, 6.45) is 2.23. The van der Waals surface area contributed by atoms with Crippen molar-refractivity contribution in [1.82, 2.24) is 10.3 Å². The van der Waals surface area contributed by atoms with Crippen molar-refractivity contribution in [2.75, 3.05) is 13.2 Å². The molecule has 6 heteroatoms. The fraction of sp³-hybridized carbons (Fsp3) is 0.267. The first-order chi connectivity index (χ1) is 10.3. The Kier molecular flexibility index (Phi) is 5.66. The van der Waals surface area contributed by atoms with E-state index in [1.807, 2.05) is 18.2 Å². The van der Waals surface area contributed by atoms with Crippen LogP contribution in [0.4, 0.5) is 5.69 Å². The number of ether oxygens (including phenoxy) is 1. The van der Waals surface area contributed by atoms with E-state index in [2.05, 4.69) is 22.4 Å². The Balaban J connectivity index is 1.67. The zero-order chi connectivity index (χ0) is 14.9. The van der Waals surface area contributed by atoms with E-state index in [9.17, 15) is 10.1 Å². The van der Waals surface area contributed by atoms with E-state index < -0.39 is 4.92 Å². The number of hydrogen-bond acceptors (Lipinski definition) is 5. The summed E-state index contributed by atoms with van der Waals surface area (Å²) >= 11 is 0. The molecule has 0 spiro atoms. The molecule has 0 aliphatic heterocycles. The number of benzene rings is 1. The summed E-state index contributed by atoms with van der Waals surface area (Å²) in [5.74, 6) is 0.0746. The van der Waals surface area contributed by atoms with Gasteiger partial charge in [0.25, 0.3) is 5.88 Å². The second-order valence-corrected chi connectivity index (χ2v) is 4.45. The van der Waals surface area contributed by atoms with Crippen LogP contribution in [0.25, 0.3) is 0 Å². The summed E-state index contributed by atoms with van der Waals surface area (Å²) in [4.78, 5) is 14.2. The molecule has 2 rings (SSSR count). The summed E-state index contributed by atoms with van der Waals surface area (Å²) in [5, 5.41) is 14.1. The lowest BCUT2D eigenvalue weighted by atomic mass is 10.2. The molecule has 1 aromatic carbocycles. The Labute approximate surface area is 122 Å². The Morgan fingerprint density at radius 3 is 2.76 bits per heavy atom. The number of nitro groups is 1. The molecule has 0 aliphatic rings. The molecule has 0 unspecified atom stereocenters. The quantitative estimate of drug-likeness (QED) is 0.458. The van der Waals surface area contributed by atoms with Gasteiger partial charge in [-0.25, -0.2) is 4.98 Å². The van der Waals surface area contributed by atoms with Gasteiger partial charge in [0.1, 0.15) is 0 Å². The Morgan fingerprint density at radius 1 is 1.19 bits per heavy atom. The molecular weight excluding hydrogens is 270 g/mol. The molecular formula is C15H17N3O3. The van der Waals surface area contributed by atoms with Crippen molar-refractivity contribution < 1.29 is 9.66 Å². The predicted molar refractivity (Wildman–Crippen MR) is 79.2 cm³/mol. The number of aromatic nitrogens is 1. The van der Waals surface area contributed by atoms with Crippen LogP contribution in [0.3, 0.4) is 0 Å². The average molecular weight is 287 g/mol. The number of hydrogen-bond donors (Lipinski definition) is 1. The lowest BCUT2D eigenvalue weighted by Gasteiger charge is -2.07. The highest BCUT2D eigenvalue weighted by atomic mass is 16.6. The van der Waals surface area contributed by atoms with Gasteiger partial charge >= 0.3 is 5.69 Å². The highest BCUT2D eigenvalue weighted by Gasteiger charge is 2.14. The fourth-order valence-corrected chi connectivity index (χ4v) is 1.83. The zero-order valence-electron chi connectivity index (χ0n) is 11.6. The third-order valence-corrected chi connectivity index (χ3v) is 2.86. The molecule has 6 nitrogen and oxygen atoms in total. The third-order valence-electron chi connectivity index (χ3n) is 2.86. The molecule has 0 saturated carbocycles. The van der Waals surface area contributed by atoms with Crippen LogP contribution in [0, 0.1) is 10.1 Å². The number of nitrogens with one attached hydrogen (secondary N) is 1. The van der Waals surface area contributed by atoms with Crippen molar-refractivity contribution in [2.45, 2.75) is 13.0 Å². The normalized spacial score (nSPS) is 10.3. The van der Waals surface area contributed by atoms with Crippen LogP contribution in [-0.4, -0.2) is 23.1 Å². The number of rotatable bonds is 8. The minimum Gasteiger partial charge on any atom is -0.473 e. The van der Waals surface area contributed by atoms with Gasteiger partial charge in [0, 0.05) is 18.8 Å². The van der Waals surface area contributed by atoms with Crippen LogP contribution >= 0.6 is 0 Å². The van der Waals surface area contributed by atoms with Crippen molar-refractivity contribution in [3.8, 4) is 5.88 Å². The Hall–Kier alpha value is -2.47. The molecule has 0 atom stereocenters. The highest BCUT2D eigenvalue weighted by molar-refractivity contribution is 5.39. The minimum atomic E-state index is -0.490. The van der Waals surface area contributed by atoms with Crippen LogP contribution in [0.5, 0.6) is 5.88 Å². The van der Waals surface area contributed by atoms with Gasteiger partial charge in [-0.05, 0) is 24.6 Å². The summed E-state index contributed by atoms with van der Waals surface area (Å²) in [6, 6.07) is 13.0. The average Bonchev–Trinajstić information content (AvgIpc) is 2.52. The molecule has 2 aromatic rings. The molecule has 1 aromatic heterocycles. The molecule has 0 fully saturated rings. The summed E-state index contributed by atoms with van der Waals surface area (Å²) in [5.41, 5.74) is 1.12. The lowest BCUT2D eigenvalue weighted by Crippen LogP contribution is -2.17. The SMILES string of the molecule is O=[N+]([O-])c1cccnc1OCCCNCc1ccccc1. The highest BCUT2D eigenvalue weighted by Crippen LogP contribution is 2.22. The molecule has 0 aliphatic carbocycles. The molecule has 0 amide bonds. The van der Waals surface area contributed by atoms with Crippen LogP contribution in [-0.2, 0) is 6.54 Å². The number of nitrogens with zero attached hydrogens (tertiary/aromatic N) is 2. The molecule has 1 N–H and O–H groups in total. The minimum absolute atomic E-state index is 0.0746. The van der Waals surface area contributed by atoms with Gasteiger partial charge in [0.2, 0.25) is 0 Å². The zero-order valence-corrected chi connectivity index (χ0v) is 11.6. The summed E-state index contributed by atoms with van der Waals surface area (Å²) in [7, 11) is 0. The Morgan fingerprint density at radius 2 is 2.00 bits per heavy atom. The van der Waals surface area contributed by atoms with E-state index >= 15 is 0 Å². The van der Waals surface area contributed by atoms with E-state index in [0.29, 0.717) is 6.61 Å². The fourth-order valence-electron chi connectivity index (χ4n) is 1.83. The van der Waals surface area contributed by atoms with Crippen molar-refractivity contribution in [1.29, 1.82) is 0 Å². The smallest absolute Gasteiger partial charge is 0.330 e. The first-order valence-corrected chi connectivity index (χ1v) is 6.74. The third kappa shape index (κ3) is 4.85. The van der Waals surface area contributed by atoms with Crippen molar-refractivity contribution in [2.24, 2.45) is 0 Å².